The van der Waals surface area contributed by atoms with Crippen LogP contribution in [-0.4, -0.2) is 68.8 Å². The molecule has 0 aromatic carbocycles. The molecule has 0 aliphatic carbocycles. The molecule has 4 unspecified atom stereocenters. The molecular formula is C16H25N7O6. The fraction of sp³-hybridized carbons (Fsp3) is 0.500. The molecule has 1 aromatic heterocycles. The molecule has 1 aromatic rings. The fourth-order valence-electron chi connectivity index (χ4n) is 2.21. The molecule has 0 aliphatic rings. The van der Waals surface area contributed by atoms with Crippen molar-refractivity contribution in [2.24, 2.45) is 11.5 Å². The average Bonchev–Trinajstić information content (AvgIpc) is 3.13. The lowest BCUT2D eigenvalue weighted by Gasteiger charge is -2.21. The Balaban J connectivity index is 2.53. The number of imidazole rings is 1. The van der Waals surface area contributed by atoms with E-state index >= 15 is 0 Å². The van der Waals surface area contributed by atoms with E-state index in [1.165, 1.54) is 26.4 Å². The molecule has 160 valence electrons. The third-order valence-electron chi connectivity index (χ3n) is 3.86. The van der Waals surface area contributed by atoms with Gasteiger partial charge in [0.15, 0.2) is 0 Å². The van der Waals surface area contributed by atoms with E-state index in [9.17, 15) is 24.0 Å². The van der Waals surface area contributed by atoms with Gasteiger partial charge < -0.3 is 37.5 Å². The molecule has 29 heavy (non-hydrogen) atoms. The van der Waals surface area contributed by atoms with Crippen LogP contribution in [-0.2, 0) is 30.4 Å². The molecule has 1 rings (SSSR count). The fourth-order valence-corrected chi connectivity index (χ4v) is 2.21. The van der Waals surface area contributed by atoms with Crippen molar-refractivity contribution in [2.45, 2.75) is 50.9 Å². The molecule has 0 saturated heterocycles. The van der Waals surface area contributed by atoms with Crippen LogP contribution in [0.1, 0.15) is 26.0 Å². The van der Waals surface area contributed by atoms with Crippen LogP contribution >= 0.6 is 0 Å². The largest absolute Gasteiger partial charge is 0.480 e. The predicted molar refractivity (Wildman–Crippen MR) is 98.9 cm³/mol. The molecule has 9 N–H and O–H groups in total. The van der Waals surface area contributed by atoms with Gasteiger partial charge in [0.2, 0.25) is 23.6 Å². The summed E-state index contributed by atoms with van der Waals surface area (Å²) in [7, 11) is 0. The highest BCUT2D eigenvalue weighted by molar-refractivity contribution is 5.94. The topological polar surface area (TPSA) is 222 Å². The highest BCUT2D eigenvalue weighted by Gasteiger charge is 2.27. The van der Waals surface area contributed by atoms with E-state index in [0.29, 0.717) is 5.69 Å². The van der Waals surface area contributed by atoms with Crippen molar-refractivity contribution < 1.29 is 29.1 Å². The summed E-state index contributed by atoms with van der Waals surface area (Å²) in [6.45, 7) is 2.71. The van der Waals surface area contributed by atoms with Crippen molar-refractivity contribution in [3.8, 4) is 0 Å². The van der Waals surface area contributed by atoms with Crippen molar-refractivity contribution in [3.63, 3.8) is 0 Å². The van der Waals surface area contributed by atoms with Crippen molar-refractivity contribution in [3.05, 3.63) is 18.2 Å². The maximum absolute atomic E-state index is 12.2. The Kier molecular flexibility index (Phi) is 8.73. The number of hydrogen-bond donors (Lipinski definition) is 7. The number of carbonyl (C=O) groups excluding carboxylic acids is 4. The smallest absolute Gasteiger partial charge is 0.326 e. The molecule has 0 fully saturated rings. The number of H-pyrrole nitrogens is 1. The first-order valence-corrected chi connectivity index (χ1v) is 8.66. The van der Waals surface area contributed by atoms with Gasteiger partial charge in [0.05, 0.1) is 18.8 Å². The highest BCUT2D eigenvalue weighted by Crippen LogP contribution is 1.98. The first-order chi connectivity index (χ1) is 13.5. The Hall–Kier alpha value is -3.48. The average molecular weight is 411 g/mol. The predicted octanol–water partition coefficient (Wildman–Crippen LogP) is -3.27. The van der Waals surface area contributed by atoms with Crippen molar-refractivity contribution in [1.29, 1.82) is 0 Å². The molecule has 4 atom stereocenters. The zero-order chi connectivity index (χ0) is 22.1. The zero-order valence-corrected chi connectivity index (χ0v) is 16.0. The van der Waals surface area contributed by atoms with Gasteiger partial charge in [-0.25, -0.2) is 9.78 Å². The summed E-state index contributed by atoms with van der Waals surface area (Å²) in [5.41, 5.74) is 11.4. The van der Waals surface area contributed by atoms with Gasteiger partial charge in [-0.3, -0.25) is 19.2 Å². The number of amides is 4. The Morgan fingerprint density at radius 3 is 2.10 bits per heavy atom. The van der Waals surface area contributed by atoms with Gasteiger partial charge in [0, 0.05) is 18.3 Å². The molecule has 0 radical (unpaired) electrons. The minimum atomic E-state index is -1.52. The third-order valence-corrected chi connectivity index (χ3v) is 3.86. The third kappa shape index (κ3) is 7.96. The summed E-state index contributed by atoms with van der Waals surface area (Å²) in [6, 6.07) is -4.57. The van der Waals surface area contributed by atoms with Gasteiger partial charge in [0.25, 0.3) is 0 Å². The number of aliphatic carboxylic acids is 1. The van der Waals surface area contributed by atoms with Gasteiger partial charge in [-0.2, -0.15) is 0 Å². The Labute approximate surface area is 166 Å². The van der Waals surface area contributed by atoms with Crippen LogP contribution in [0.15, 0.2) is 12.5 Å². The van der Waals surface area contributed by atoms with E-state index in [2.05, 4.69) is 25.9 Å². The standard InChI is InChI=1S/C16H25N7O6/c1-7(22-15(27)10(17)3-9-5-19-6-20-9)13(25)21-8(2)14(26)23-11(16(28)29)4-12(18)24/h5-8,10-11H,3-4,17H2,1-2H3,(H2,18,24)(H,19,20)(H,21,25)(H,22,27)(H,23,26)(H,28,29). The quantitative estimate of drug-likeness (QED) is 0.195. The summed E-state index contributed by atoms with van der Waals surface area (Å²) in [6.07, 6.45) is 2.56. The van der Waals surface area contributed by atoms with Gasteiger partial charge >= 0.3 is 5.97 Å². The van der Waals surface area contributed by atoms with Crippen LogP contribution in [0.3, 0.4) is 0 Å². The number of aromatic nitrogens is 2. The summed E-state index contributed by atoms with van der Waals surface area (Å²) < 4.78 is 0. The lowest BCUT2D eigenvalue weighted by molar-refractivity contribution is -0.143. The van der Waals surface area contributed by atoms with Crippen LogP contribution in [0.4, 0.5) is 0 Å². The first kappa shape index (κ1) is 23.6. The van der Waals surface area contributed by atoms with Gasteiger partial charge in [-0.1, -0.05) is 0 Å². The lowest BCUT2D eigenvalue weighted by Crippen LogP contribution is -2.55. The van der Waals surface area contributed by atoms with Gasteiger partial charge in [0.1, 0.15) is 18.1 Å². The number of rotatable bonds is 11. The molecule has 4 amide bonds. The summed E-state index contributed by atoms with van der Waals surface area (Å²) in [5, 5.41) is 15.9. The zero-order valence-electron chi connectivity index (χ0n) is 16.0. The normalized spacial score (nSPS) is 14.7. The maximum atomic E-state index is 12.2. The first-order valence-electron chi connectivity index (χ1n) is 8.66. The van der Waals surface area contributed by atoms with E-state index in [0.717, 1.165) is 0 Å². The van der Waals surface area contributed by atoms with E-state index < -0.39 is 60.2 Å². The summed E-state index contributed by atoms with van der Waals surface area (Å²) in [4.78, 5) is 64.9. The number of carboxylic acids is 1. The number of hydrogen-bond acceptors (Lipinski definition) is 7. The monoisotopic (exact) mass is 411 g/mol. The van der Waals surface area contributed by atoms with Crippen molar-refractivity contribution >= 4 is 29.6 Å². The van der Waals surface area contributed by atoms with Crippen LogP contribution in [0.2, 0.25) is 0 Å². The van der Waals surface area contributed by atoms with Crippen LogP contribution in [0, 0.1) is 0 Å². The second-order valence-electron chi connectivity index (χ2n) is 6.42. The molecule has 0 bridgehead atoms. The maximum Gasteiger partial charge on any atom is 0.326 e. The second kappa shape index (κ2) is 10.8. The summed E-state index contributed by atoms with van der Waals surface area (Å²) >= 11 is 0. The number of nitrogens with one attached hydrogen (secondary N) is 4. The number of carboxylic acid groups (broad SMARTS) is 1. The molecular weight excluding hydrogens is 386 g/mol. The lowest BCUT2D eigenvalue weighted by atomic mass is 10.1. The van der Waals surface area contributed by atoms with E-state index in [4.69, 9.17) is 16.6 Å². The van der Waals surface area contributed by atoms with E-state index in [-0.39, 0.29) is 6.42 Å². The molecule has 13 nitrogen and oxygen atoms in total. The SMILES string of the molecule is CC(NC(=O)C(N)Cc1cnc[nH]1)C(=O)NC(C)C(=O)NC(CC(N)=O)C(=O)O. The Morgan fingerprint density at radius 1 is 1.07 bits per heavy atom. The summed E-state index contributed by atoms with van der Waals surface area (Å²) in [5.74, 6) is -4.44. The minimum Gasteiger partial charge on any atom is -0.480 e. The number of carbonyl (C=O) groups is 5. The van der Waals surface area contributed by atoms with Crippen LogP contribution < -0.4 is 27.4 Å². The number of nitrogens with two attached hydrogens (primary N) is 2. The molecule has 13 heteroatoms. The van der Waals surface area contributed by atoms with Crippen LogP contribution in [0.25, 0.3) is 0 Å². The van der Waals surface area contributed by atoms with Gasteiger partial charge in [-0.15, -0.1) is 0 Å². The van der Waals surface area contributed by atoms with Crippen molar-refractivity contribution in [1.82, 2.24) is 25.9 Å². The minimum absolute atomic E-state index is 0.190. The Morgan fingerprint density at radius 2 is 1.62 bits per heavy atom. The molecule has 0 aliphatic heterocycles. The van der Waals surface area contributed by atoms with Crippen molar-refractivity contribution in [2.75, 3.05) is 0 Å². The second-order valence-corrected chi connectivity index (χ2v) is 6.42. The molecule has 0 spiro atoms. The number of primary amides is 1. The number of nitrogens with zero attached hydrogens (tertiary/aromatic N) is 1. The number of aromatic amines is 1. The van der Waals surface area contributed by atoms with Gasteiger partial charge in [-0.05, 0) is 13.8 Å². The Bertz CT molecular complexity index is 751. The van der Waals surface area contributed by atoms with E-state index in [1.54, 1.807) is 0 Å². The van der Waals surface area contributed by atoms with E-state index in [1.807, 2.05) is 0 Å². The molecule has 0 saturated carbocycles. The van der Waals surface area contributed by atoms with Crippen LogP contribution in [0.5, 0.6) is 0 Å². The highest BCUT2D eigenvalue weighted by atomic mass is 16.4. The molecule has 1 heterocycles.